The van der Waals surface area contributed by atoms with E-state index in [1.807, 2.05) is 24.4 Å². The lowest BCUT2D eigenvalue weighted by atomic mass is 10.2. The Morgan fingerprint density at radius 3 is 3.05 bits per heavy atom. The third-order valence-corrected chi connectivity index (χ3v) is 3.69. The van der Waals surface area contributed by atoms with Crippen LogP contribution in [-0.4, -0.2) is 9.38 Å². The summed E-state index contributed by atoms with van der Waals surface area (Å²) in [5.41, 5.74) is 7.88. The number of hydrogen-bond acceptors (Lipinski definition) is 5. The average molecular weight is 287 g/mol. The Labute approximate surface area is 119 Å². The van der Waals surface area contributed by atoms with E-state index >= 15 is 0 Å². The highest BCUT2D eigenvalue weighted by molar-refractivity contribution is 7.15. The first-order valence-electron chi connectivity index (χ1n) is 6.08. The molecule has 3 aromatic rings. The van der Waals surface area contributed by atoms with E-state index in [0.29, 0.717) is 16.3 Å². The predicted molar refractivity (Wildman–Crippen MR) is 79.3 cm³/mol. The molecule has 6 heteroatoms. The fourth-order valence-corrected chi connectivity index (χ4v) is 2.69. The third kappa shape index (κ3) is 2.37. The highest BCUT2D eigenvalue weighted by Gasteiger charge is 2.05. The average Bonchev–Trinajstić information content (AvgIpc) is 2.86. The van der Waals surface area contributed by atoms with Gasteiger partial charge in [0.1, 0.15) is 12.4 Å². The van der Waals surface area contributed by atoms with Crippen LogP contribution in [0.25, 0.3) is 4.96 Å². The van der Waals surface area contributed by atoms with Gasteiger partial charge in [-0.05, 0) is 30.7 Å². The van der Waals surface area contributed by atoms with Gasteiger partial charge >= 0.3 is 0 Å². The normalized spacial score (nSPS) is 10.8. The molecule has 0 saturated heterocycles. The highest BCUT2D eigenvalue weighted by Crippen LogP contribution is 2.21. The number of nitrogens with zero attached hydrogens (tertiary/aromatic N) is 2. The quantitative estimate of drug-likeness (QED) is 0.750. The van der Waals surface area contributed by atoms with Crippen molar-refractivity contribution in [3.05, 3.63) is 57.5 Å². The molecule has 0 atom stereocenters. The number of aryl methyl sites for hydroxylation is 1. The maximum atomic E-state index is 11.8. The second-order valence-corrected chi connectivity index (χ2v) is 5.33. The third-order valence-electron chi connectivity index (χ3n) is 2.93. The molecule has 0 unspecified atom stereocenters. The molecule has 0 aliphatic heterocycles. The van der Waals surface area contributed by atoms with Crippen LogP contribution >= 0.6 is 11.3 Å². The molecule has 0 bridgehead atoms. The Morgan fingerprint density at radius 2 is 2.25 bits per heavy atom. The molecule has 0 spiro atoms. The topological polar surface area (TPSA) is 69.6 Å². The summed E-state index contributed by atoms with van der Waals surface area (Å²) < 4.78 is 7.21. The van der Waals surface area contributed by atoms with Crippen molar-refractivity contribution in [2.75, 3.05) is 5.73 Å². The lowest BCUT2D eigenvalue weighted by Crippen LogP contribution is -2.14. The van der Waals surface area contributed by atoms with E-state index in [0.717, 1.165) is 11.3 Å². The largest absolute Gasteiger partial charge is 0.487 e. The summed E-state index contributed by atoms with van der Waals surface area (Å²) in [5.74, 6) is 0.743. The molecule has 2 aromatic heterocycles. The summed E-state index contributed by atoms with van der Waals surface area (Å²) in [6.07, 6.45) is 1.71. The molecular formula is C14H13N3O2S. The molecule has 0 radical (unpaired) electrons. The van der Waals surface area contributed by atoms with Crippen LogP contribution < -0.4 is 16.0 Å². The molecule has 2 N–H and O–H groups in total. The van der Waals surface area contributed by atoms with Crippen LogP contribution in [0.3, 0.4) is 0 Å². The van der Waals surface area contributed by atoms with E-state index < -0.39 is 0 Å². The van der Waals surface area contributed by atoms with E-state index in [9.17, 15) is 4.79 Å². The number of hydrogen-bond donors (Lipinski definition) is 1. The maximum absolute atomic E-state index is 11.8. The van der Waals surface area contributed by atoms with Crippen molar-refractivity contribution in [2.24, 2.45) is 0 Å². The zero-order chi connectivity index (χ0) is 14.1. The number of fused-ring (bicyclic) bond motifs is 1. The van der Waals surface area contributed by atoms with E-state index in [2.05, 4.69) is 4.98 Å². The van der Waals surface area contributed by atoms with Crippen LogP contribution in [-0.2, 0) is 6.61 Å². The standard InChI is InChI=1S/C14H13N3O2S/c1-9-6-10(15)2-3-12(9)19-8-11-7-13(18)17-4-5-20-14(17)16-11/h2-7H,8,15H2,1H3. The van der Waals surface area contributed by atoms with Gasteiger partial charge in [0, 0.05) is 23.3 Å². The molecule has 0 saturated carbocycles. The van der Waals surface area contributed by atoms with Gasteiger partial charge < -0.3 is 10.5 Å². The molecule has 0 aliphatic carbocycles. The van der Waals surface area contributed by atoms with Gasteiger partial charge in [-0.25, -0.2) is 4.98 Å². The molecule has 3 rings (SSSR count). The summed E-state index contributed by atoms with van der Waals surface area (Å²) in [7, 11) is 0. The van der Waals surface area contributed by atoms with Crippen LogP contribution in [0.15, 0.2) is 40.6 Å². The van der Waals surface area contributed by atoms with Gasteiger partial charge in [0.2, 0.25) is 0 Å². The Balaban J connectivity index is 1.84. The molecular weight excluding hydrogens is 274 g/mol. The number of benzene rings is 1. The number of nitrogens with two attached hydrogens (primary N) is 1. The van der Waals surface area contributed by atoms with Crippen molar-refractivity contribution in [2.45, 2.75) is 13.5 Å². The molecule has 0 fully saturated rings. The van der Waals surface area contributed by atoms with Gasteiger partial charge in [0.25, 0.3) is 5.56 Å². The highest BCUT2D eigenvalue weighted by atomic mass is 32.1. The summed E-state index contributed by atoms with van der Waals surface area (Å²) in [6.45, 7) is 2.19. The smallest absolute Gasteiger partial charge is 0.258 e. The van der Waals surface area contributed by atoms with Crippen molar-refractivity contribution >= 4 is 22.0 Å². The molecule has 0 amide bonds. The fraction of sp³-hybridized carbons (Fsp3) is 0.143. The first-order chi connectivity index (χ1) is 9.63. The maximum Gasteiger partial charge on any atom is 0.258 e. The zero-order valence-corrected chi connectivity index (χ0v) is 11.7. The summed E-state index contributed by atoms with van der Waals surface area (Å²) >= 11 is 1.42. The van der Waals surface area contributed by atoms with Crippen LogP contribution in [0.2, 0.25) is 0 Å². The number of nitrogen functional groups attached to an aromatic ring is 1. The van der Waals surface area contributed by atoms with Crippen molar-refractivity contribution < 1.29 is 4.74 Å². The Morgan fingerprint density at radius 1 is 1.40 bits per heavy atom. The van der Waals surface area contributed by atoms with Crippen LogP contribution in [0.4, 0.5) is 5.69 Å². The minimum Gasteiger partial charge on any atom is -0.487 e. The van der Waals surface area contributed by atoms with Gasteiger partial charge in [0.05, 0.1) is 5.69 Å². The Bertz CT molecular complexity index is 823. The Hall–Kier alpha value is -2.34. The first kappa shape index (κ1) is 12.7. The second-order valence-electron chi connectivity index (χ2n) is 4.45. The van der Waals surface area contributed by atoms with Crippen LogP contribution in [0.1, 0.15) is 11.3 Å². The monoisotopic (exact) mass is 287 g/mol. The number of thiazole rings is 1. The molecule has 1 aromatic carbocycles. The molecule has 0 aliphatic rings. The first-order valence-corrected chi connectivity index (χ1v) is 6.96. The number of anilines is 1. The number of ether oxygens (including phenoxy) is 1. The van der Waals surface area contributed by atoms with Crippen molar-refractivity contribution in [3.63, 3.8) is 0 Å². The molecule has 20 heavy (non-hydrogen) atoms. The molecule has 2 heterocycles. The van der Waals surface area contributed by atoms with E-state index in [1.165, 1.54) is 21.8 Å². The SMILES string of the molecule is Cc1cc(N)ccc1OCc1cc(=O)n2ccsc2n1. The van der Waals surface area contributed by atoms with Gasteiger partial charge in [-0.3, -0.25) is 9.20 Å². The lowest BCUT2D eigenvalue weighted by Gasteiger charge is -2.09. The predicted octanol–water partition coefficient (Wildman–Crippen LogP) is 2.23. The summed E-state index contributed by atoms with van der Waals surface area (Å²) in [6, 6.07) is 6.95. The van der Waals surface area contributed by atoms with Crippen LogP contribution in [0.5, 0.6) is 5.75 Å². The molecule has 102 valence electrons. The summed E-state index contributed by atoms with van der Waals surface area (Å²) in [5, 5.41) is 1.83. The van der Waals surface area contributed by atoms with Crippen molar-refractivity contribution in [3.8, 4) is 5.75 Å². The lowest BCUT2D eigenvalue weighted by molar-refractivity contribution is 0.299. The van der Waals surface area contributed by atoms with Crippen LogP contribution in [0, 0.1) is 6.92 Å². The van der Waals surface area contributed by atoms with Crippen molar-refractivity contribution in [1.82, 2.24) is 9.38 Å². The summed E-state index contributed by atoms with van der Waals surface area (Å²) in [4.78, 5) is 16.9. The molecule has 5 nitrogen and oxygen atoms in total. The zero-order valence-electron chi connectivity index (χ0n) is 10.9. The van der Waals surface area contributed by atoms with Gasteiger partial charge in [-0.15, -0.1) is 11.3 Å². The van der Waals surface area contributed by atoms with Gasteiger partial charge in [-0.1, -0.05) is 0 Å². The van der Waals surface area contributed by atoms with E-state index in [-0.39, 0.29) is 12.2 Å². The minimum absolute atomic E-state index is 0.0936. The second kappa shape index (κ2) is 4.97. The van der Waals surface area contributed by atoms with Crippen molar-refractivity contribution in [1.29, 1.82) is 0 Å². The van der Waals surface area contributed by atoms with Gasteiger partial charge in [-0.2, -0.15) is 0 Å². The number of aromatic nitrogens is 2. The fourth-order valence-electron chi connectivity index (χ4n) is 1.95. The minimum atomic E-state index is -0.0936. The van der Waals surface area contributed by atoms with E-state index in [1.54, 1.807) is 12.3 Å². The number of rotatable bonds is 3. The van der Waals surface area contributed by atoms with Gasteiger partial charge in [0.15, 0.2) is 4.96 Å². The Kier molecular flexibility index (Phi) is 3.15. The van der Waals surface area contributed by atoms with E-state index in [4.69, 9.17) is 10.5 Å².